The van der Waals surface area contributed by atoms with E-state index in [0.717, 1.165) is 19.4 Å². The summed E-state index contributed by atoms with van der Waals surface area (Å²) < 4.78 is 11.7. The number of carbonyl (C=O) groups excluding carboxylic acids is 2. The van der Waals surface area contributed by atoms with Gasteiger partial charge in [-0.15, -0.1) is 5.10 Å². The van der Waals surface area contributed by atoms with E-state index in [1.54, 1.807) is 23.2 Å². The number of furan rings is 1. The van der Waals surface area contributed by atoms with Crippen LogP contribution in [0.25, 0.3) is 0 Å². The van der Waals surface area contributed by atoms with E-state index in [4.69, 9.17) is 9.15 Å². The molecule has 1 N–H and O–H groups in total. The Morgan fingerprint density at radius 3 is 2.81 bits per heavy atom. The molecule has 1 amide bonds. The number of hydrogen-bond acceptors (Lipinski definition) is 7. The Morgan fingerprint density at radius 2 is 2.06 bits per heavy atom. The first-order valence-electron chi connectivity index (χ1n) is 10.7. The van der Waals surface area contributed by atoms with E-state index in [0.29, 0.717) is 25.3 Å². The van der Waals surface area contributed by atoms with Gasteiger partial charge in [-0.25, -0.2) is 9.48 Å². The first-order chi connectivity index (χ1) is 15.6. The lowest BCUT2D eigenvalue weighted by Gasteiger charge is -2.23. The number of nitrogens with zero attached hydrogens (tertiary/aromatic N) is 4. The Labute approximate surface area is 186 Å². The number of hydrogen-bond donors (Lipinski definition) is 1. The van der Waals surface area contributed by atoms with Crippen LogP contribution in [0.5, 0.6) is 0 Å². The van der Waals surface area contributed by atoms with Gasteiger partial charge in [0.2, 0.25) is 5.91 Å². The van der Waals surface area contributed by atoms with Crippen LogP contribution in [0.15, 0.2) is 59.3 Å². The van der Waals surface area contributed by atoms with Crippen LogP contribution >= 0.6 is 0 Å². The SMILES string of the molecule is COC(=O)c1cn([C@H]2C[C@@H](C(=O)NCc3ccco3)N(CCCc3ccccc3)C2)nn1. The number of carbonyl (C=O) groups is 2. The predicted molar refractivity (Wildman–Crippen MR) is 116 cm³/mol. The minimum absolute atomic E-state index is 0.0445. The third-order valence-electron chi connectivity index (χ3n) is 5.73. The molecule has 0 spiro atoms. The first kappa shape index (κ1) is 21.8. The van der Waals surface area contributed by atoms with Crippen molar-refractivity contribution in [2.75, 3.05) is 20.2 Å². The standard InChI is InChI=1S/C23H27N5O4/c1-31-23(30)20-16-28(26-25-20)18-13-21(22(29)24-14-19-10-6-12-32-19)27(15-18)11-5-9-17-7-3-2-4-8-17/h2-4,6-8,10,12,16,18,21H,5,9,11,13-15H2,1H3,(H,24,29)/t18-,21-/m0/s1. The molecule has 3 heterocycles. The van der Waals surface area contributed by atoms with Crippen molar-refractivity contribution < 1.29 is 18.7 Å². The second-order valence-electron chi connectivity index (χ2n) is 7.86. The normalized spacial score (nSPS) is 18.5. The van der Waals surface area contributed by atoms with Crippen LogP contribution in [0.1, 0.15) is 40.7 Å². The minimum atomic E-state index is -0.526. The highest BCUT2D eigenvalue weighted by Gasteiger charge is 2.38. The quantitative estimate of drug-likeness (QED) is 0.512. The molecule has 32 heavy (non-hydrogen) atoms. The van der Waals surface area contributed by atoms with Gasteiger partial charge in [0.1, 0.15) is 5.76 Å². The number of amides is 1. The highest BCUT2D eigenvalue weighted by atomic mass is 16.5. The lowest BCUT2D eigenvalue weighted by atomic mass is 10.1. The summed E-state index contributed by atoms with van der Waals surface area (Å²) in [5, 5.41) is 11.0. The molecule has 0 radical (unpaired) electrons. The van der Waals surface area contributed by atoms with Crippen molar-refractivity contribution in [2.24, 2.45) is 0 Å². The van der Waals surface area contributed by atoms with Gasteiger partial charge in [-0.3, -0.25) is 9.69 Å². The fourth-order valence-electron chi connectivity index (χ4n) is 4.08. The summed E-state index contributed by atoms with van der Waals surface area (Å²) in [6, 6.07) is 13.6. The predicted octanol–water partition coefficient (Wildman–Crippen LogP) is 2.22. The van der Waals surface area contributed by atoms with Crippen LogP contribution in [-0.4, -0.2) is 58.0 Å². The van der Waals surface area contributed by atoms with Crippen molar-refractivity contribution in [2.45, 2.75) is 37.9 Å². The molecule has 0 unspecified atom stereocenters. The maximum Gasteiger partial charge on any atom is 0.360 e. The van der Waals surface area contributed by atoms with Gasteiger partial charge >= 0.3 is 5.97 Å². The lowest BCUT2D eigenvalue weighted by Crippen LogP contribution is -2.43. The third kappa shape index (κ3) is 5.23. The molecule has 0 saturated carbocycles. The van der Waals surface area contributed by atoms with E-state index < -0.39 is 5.97 Å². The Kier molecular flexibility index (Phi) is 6.96. The Balaban J connectivity index is 1.42. The average molecular weight is 438 g/mol. The first-order valence-corrected chi connectivity index (χ1v) is 10.7. The zero-order chi connectivity index (χ0) is 22.3. The molecule has 1 aliphatic rings. The maximum atomic E-state index is 13.0. The van der Waals surface area contributed by atoms with E-state index in [2.05, 4.69) is 32.7 Å². The number of likely N-dealkylation sites (tertiary alicyclic amines) is 1. The molecule has 9 nitrogen and oxygen atoms in total. The molecule has 3 aromatic rings. The van der Waals surface area contributed by atoms with Crippen molar-refractivity contribution in [1.82, 2.24) is 25.2 Å². The number of benzene rings is 1. The van der Waals surface area contributed by atoms with E-state index in [-0.39, 0.29) is 23.7 Å². The maximum absolute atomic E-state index is 13.0. The van der Waals surface area contributed by atoms with Crippen LogP contribution < -0.4 is 5.32 Å². The second kappa shape index (κ2) is 10.2. The molecular weight excluding hydrogens is 410 g/mol. The van der Waals surface area contributed by atoms with Crippen LogP contribution in [0.4, 0.5) is 0 Å². The van der Waals surface area contributed by atoms with Crippen molar-refractivity contribution in [3.05, 3.63) is 71.9 Å². The number of esters is 1. The molecule has 0 aliphatic carbocycles. The topological polar surface area (TPSA) is 102 Å². The molecule has 2 aromatic heterocycles. The zero-order valence-electron chi connectivity index (χ0n) is 18.0. The average Bonchev–Trinajstić information content (AvgIpc) is 3.58. The summed E-state index contributed by atoms with van der Waals surface area (Å²) in [4.78, 5) is 26.9. The largest absolute Gasteiger partial charge is 0.467 e. The van der Waals surface area contributed by atoms with Gasteiger partial charge in [0.15, 0.2) is 5.69 Å². The molecule has 1 aromatic carbocycles. The summed E-state index contributed by atoms with van der Waals surface area (Å²) >= 11 is 0. The summed E-state index contributed by atoms with van der Waals surface area (Å²) in [7, 11) is 1.31. The van der Waals surface area contributed by atoms with Crippen LogP contribution in [0, 0.1) is 0 Å². The number of aryl methyl sites for hydroxylation is 1. The van der Waals surface area contributed by atoms with Crippen molar-refractivity contribution in [3.63, 3.8) is 0 Å². The molecular formula is C23H27N5O4. The second-order valence-corrected chi connectivity index (χ2v) is 7.86. The number of aromatic nitrogens is 3. The summed E-state index contributed by atoms with van der Waals surface area (Å²) in [5.41, 5.74) is 1.44. The molecule has 1 fully saturated rings. The van der Waals surface area contributed by atoms with E-state index >= 15 is 0 Å². The summed E-state index contributed by atoms with van der Waals surface area (Å²) in [6.07, 6.45) is 5.63. The van der Waals surface area contributed by atoms with Gasteiger partial charge in [0, 0.05) is 6.54 Å². The van der Waals surface area contributed by atoms with E-state index in [9.17, 15) is 9.59 Å². The zero-order valence-corrected chi connectivity index (χ0v) is 18.0. The van der Waals surface area contributed by atoms with Gasteiger partial charge < -0.3 is 14.5 Å². The third-order valence-corrected chi connectivity index (χ3v) is 5.73. The molecule has 9 heteroatoms. The van der Waals surface area contributed by atoms with Crippen molar-refractivity contribution >= 4 is 11.9 Å². The number of rotatable bonds is 9. The Hall–Kier alpha value is -3.46. The van der Waals surface area contributed by atoms with Crippen LogP contribution in [-0.2, 0) is 22.5 Å². The smallest absolute Gasteiger partial charge is 0.360 e. The van der Waals surface area contributed by atoms with Gasteiger partial charge in [0.05, 0.1) is 38.2 Å². The van der Waals surface area contributed by atoms with Crippen molar-refractivity contribution in [3.8, 4) is 0 Å². The molecule has 1 aliphatic heterocycles. The van der Waals surface area contributed by atoms with Gasteiger partial charge in [0.25, 0.3) is 0 Å². The van der Waals surface area contributed by atoms with Gasteiger partial charge in [-0.1, -0.05) is 35.5 Å². The Morgan fingerprint density at radius 1 is 1.22 bits per heavy atom. The van der Waals surface area contributed by atoms with Gasteiger partial charge in [-0.05, 0) is 43.5 Å². The number of ether oxygens (including phenoxy) is 1. The highest BCUT2D eigenvalue weighted by Crippen LogP contribution is 2.27. The van der Waals surface area contributed by atoms with Gasteiger partial charge in [-0.2, -0.15) is 0 Å². The van der Waals surface area contributed by atoms with Crippen LogP contribution in [0.2, 0.25) is 0 Å². The van der Waals surface area contributed by atoms with Crippen LogP contribution in [0.3, 0.4) is 0 Å². The number of methoxy groups -OCH3 is 1. The molecule has 1 saturated heterocycles. The fraction of sp³-hybridized carbons (Fsp3) is 0.391. The number of nitrogens with one attached hydrogen (secondary N) is 1. The summed E-state index contributed by atoms with van der Waals surface area (Å²) in [6.45, 7) is 1.78. The monoisotopic (exact) mass is 437 g/mol. The Bertz CT molecular complexity index is 1020. The van der Waals surface area contributed by atoms with E-state index in [1.807, 2.05) is 24.3 Å². The lowest BCUT2D eigenvalue weighted by molar-refractivity contribution is -0.125. The van der Waals surface area contributed by atoms with Crippen molar-refractivity contribution in [1.29, 1.82) is 0 Å². The molecule has 2 atom stereocenters. The highest BCUT2D eigenvalue weighted by molar-refractivity contribution is 5.86. The fourth-order valence-corrected chi connectivity index (χ4v) is 4.08. The minimum Gasteiger partial charge on any atom is -0.467 e. The van der Waals surface area contributed by atoms with E-state index in [1.165, 1.54) is 12.7 Å². The molecule has 4 rings (SSSR count). The molecule has 168 valence electrons. The molecule has 0 bridgehead atoms. The summed E-state index contributed by atoms with van der Waals surface area (Å²) in [5.74, 6) is 0.140.